The molecule has 2 aromatic rings. The Balaban J connectivity index is 2.32. The van der Waals surface area contributed by atoms with Crippen molar-refractivity contribution < 1.29 is 9.53 Å². The van der Waals surface area contributed by atoms with E-state index in [1.807, 2.05) is 42.5 Å². The Morgan fingerprint density at radius 2 is 1.57 bits per heavy atom. The van der Waals surface area contributed by atoms with Crippen LogP contribution in [0.3, 0.4) is 0 Å². The number of carbonyl (C=O) groups is 1. The van der Waals surface area contributed by atoms with E-state index >= 15 is 0 Å². The van der Waals surface area contributed by atoms with E-state index in [9.17, 15) is 4.79 Å². The van der Waals surface area contributed by atoms with Gasteiger partial charge in [0.25, 0.3) is 0 Å². The van der Waals surface area contributed by atoms with Gasteiger partial charge in [-0.1, -0.05) is 42.5 Å². The van der Waals surface area contributed by atoms with Crippen molar-refractivity contribution in [1.82, 2.24) is 4.90 Å². The van der Waals surface area contributed by atoms with Crippen molar-refractivity contribution >= 4 is 5.91 Å². The van der Waals surface area contributed by atoms with E-state index in [4.69, 9.17) is 4.74 Å². The molecule has 3 heteroatoms. The van der Waals surface area contributed by atoms with Crippen LogP contribution in [0.25, 0.3) is 0 Å². The summed E-state index contributed by atoms with van der Waals surface area (Å²) in [4.78, 5) is 13.8. The first-order valence-corrected chi connectivity index (χ1v) is 7.01. The topological polar surface area (TPSA) is 29.5 Å². The minimum Gasteiger partial charge on any atom is -0.497 e. The molecule has 0 bridgehead atoms. The molecule has 2 aromatic carbocycles. The fraction of sp³-hybridized carbons (Fsp3) is 0.278. The summed E-state index contributed by atoms with van der Waals surface area (Å²) in [6, 6.07) is 18.1. The van der Waals surface area contributed by atoms with Gasteiger partial charge in [-0.25, -0.2) is 0 Å². The minimum absolute atomic E-state index is 0.0620. The summed E-state index contributed by atoms with van der Waals surface area (Å²) in [5, 5.41) is 0. The van der Waals surface area contributed by atoms with Crippen molar-refractivity contribution in [2.75, 3.05) is 21.2 Å². The number of ether oxygens (including phenoxy) is 1. The highest BCUT2D eigenvalue weighted by molar-refractivity contribution is 5.77. The van der Waals surface area contributed by atoms with E-state index in [-0.39, 0.29) is 11.8 Å². The lowest BCUT2D eigenvalue weighted by atomic mass is 9.88. The Morgan fingerprint density at radius 1 is 1.00 bits per heavy atom. The van der Waals surface area contributed by atoms with Gasteiger partial charge < -0.3 is 9.64 Å². The number of hydrogen-bond donors (Lipinski definition) is 0. The van der Waals surface area contributed by atoms with Crippen molar-refractivity contribution in [2.45, 2.75) is 12.3 Å². The number of hydrogen-bond acceptors (Lipinski definition) is 2. The molecule has 3 nitrogen and oxygen atoms in total. The van der Waals surface area contributed by atoms with Gasteiger partial charge in [0, 0.05) is 26.4 Å². The Labute approximate surface area is 126 Å². The molecule has 0 aliphatic heterocycles. The van der Waals surface area contributed by atoms with Gasteiger partial charge in [-0.3, -0.25) is 4.79 Å². The van der Waals surface area contributed by atoms with E-state index in [0.717, 1.165) is 16.9 Å². The summed E-state index contributed by atoms with van der Waals surface area (Å²) in [7, 11) is 5.23. The zero-order valence-electron chi connectivity index (χ0n) is 12.7. The van der Waals surface area contributed by atoms with Gasteiger partial charge in [-0.05, 0) is 23.3 Å². The smallest absolute Gasteiger partial charge is 0.223 e. The van der Waals surface area contributed by atoms with Crippen LogP contribution < -0.4 is 4.74 Å². The van der Waals surface area contributed by atoms with E-state index in [2.05, 4.69) is 12.1 Å². The zero-order valence-corrected chi connectivity index (χ0v) is 12.7. The number of carbonyl (C=O) groups excluding carboxylic acids is 1. The van der Waals surface area contributed by atoms with Crippen LogP contribution in [0.15, 0.2) is 54.6 Å². The van der Waals surface area contributed by atoms with E-state index in [1.165, 1.54) is 0 Å². The molecule has 0 spiro atoms. The predicted molar refractivity (Wildman–Crippen MR) is 84.6 cm³/mol. The summed E-state index contributed by atoms with van der Waals surface area (Å²) < 4.78 is 5.20. The average Bonchev–Trinajstić information content (AvgIpc) is 2.53. The SMILES string of the molecule is COc1ccc([C@H](CC(=O)N(C)C)c2ccccc2)cc1. The van der Waals surface area contributed by atoms with Crippen LogP contribution in [-0.4, -0.2) is 32.0 Å². The zero-order chi connectivity index (χ0) is 15.2. The van der Waals surface area contributed by atoms with Gasteiger partial charge >= 0.3 is 0 Å². The summed E-state index contributed by atoms with van der Waals surface area (Å²) in [5.74, 6) is 1.01. The summed E-state index contributed by atoms with van der Waals surface area (Å²) in [6.07, 6.45) is 0.462. The van der Waals surface area contributed by atoms with Gasteiger partial charge in [0.05, 0.1) is 7.11 Å². The molecule has 110 valence electrons. The Kier molecular flexibility index (Phi) is 4.99. The molecule has 2 rings (SSSR count). The Bertz CT molecular complexity index is 576. The molecular formula is C18H21NO2. The molecule has 0 N–H and O–H groups in total. The first kappa shape index (κ1) is 15.1. The predicted octanol–water partition coefficient (Wildman–Crippen LogP) is 3.31. The number of amides is 1. The number of nitrogens with zero attached hydrogens (tertiary/aromatic N) is 1. The molecular weight excluding hydrogens is 262 g/mol. The lowest BCUT2D eigenvalue weighted by Crippen LogP contribution is -2.24. The highest BCUT2D eigenvalue weighted by Gasteiger charge is 2.19. The van der Waals surface area contributed by atoms with Crippen molar-refractivity contribution in [3.05, 3.63) is 65.7 Å². The van der Waals surface area contributed by atoms with Crippen LogP contribution in [0.4, 0.5) is 0 Å². The second kappa shape index (κ2) is 6.93. The Hall–Kier alpha value is -2.29. The molecule has 21 heavy (non-hydrogen) atoms. The molecule has 0 radical (unpaired) electrons. The van der Waals surface area contributed by atoms with Gasteiger partial charge in [0.15, 0.2) is 0 Å². The third-order valence-corrected chi connectivity index (χ3v) is 3.60. The quantitative estimate of drug-likeness (QED) is 0.842. The van der Waals surface area contributed by atoms with Crippen LogP contribution in [0.2, 0.25) is 0 Å². The standard InChI is InChI=1S/C18H21NO2/c1-19(2)18(20)13-17(14-7-5-4-6-8-14)15-9-11-16(21-3)12-10-15/h4-12,17H,13H2,1-3H3/t17-/m1/s1. The third-order valence-electron chi connectivity index (χ3n) is 3.60. The monoisotopic (exact) mass is 283 g/mol. The van der Waals surface area contributed by atoms with E-state index in [0.29, 0.717) is 6.42 Å². The Morgan fingerprint density at radius 3 is 2.10 bits per heavy atom. The largest absolute Gasteiger partial charge is 0.497 e. The summed E-state index contributed by atoms with van der Waals surface area (Å²) in [6.45, 7) is 0. The normalized spacial score (nSPS) is 11.8. The van der Waals surface area contributed by atoms with Gasteiger partial charge in [-0.15, -0.1) is 0 Å². The van der Waals surface area contributed by atoms with E-state index in [1.54, 1.807) is 26.1 Å². The maximum atomic E-state index is 12.1. The van der Waals surface area contributed by atoms with Crippen LogP contribution in [0, 0.1) is 0 Å². The second-order valence-corrected chi connectivity index (χ2v) is 5.23. The number of benzene rings is 2. The molecule has 0 aliphatic rings. The molecule has 1 amide bonds. The fourth-order valence-electron chi connectivity index (χ4n) is 2.31. The molecule has 0 saturated heterocycles. The van der Waals surface area contributed by atoms with Crippen LogP contribution in [-0.2, 0) is 4.79 Å². The molecule has 0 aromatic heterocycles. The summed E-state index contributed by atoms with van der Waals surface area (Å²) >= 11 is 0. The highest BCUT2D eigenvalue weighted by Crippen LogP contribution is 2.29. The van der Waals surface area contributed by atoms with Gasteiger partial charge in [0.2, 0.25) is 5.91 Å². The average molecular weight is 283 g/mol. The van der Waals surface area contributed by atoms with Crippen LogP contribution >= 0.6 is 0 Å². The van der Waals surface area contributed by atoms with Gasteiger partial charge in [0.1, 0.15) is 5.75 Å². The number of rotatable bonds is 5. The van der Waals surface area contributed by atoms with Crippen molar-refractivity contribution in [1.29, 1.82) is 0 Å². The number of methoxy groups -OCH3 is 1. The molecule has 0 unspecified atom stereocenters. The van der Waals surface area contributed by atoms with E-state index < -0.39 is 0 Å². The maximum absolute atomic E-state index is 12.1. The molecule has 1 atom stereocenters. The lowest BCUT2D eigenvalue weighted by Gasteiger charge is -2.20. The molecule has 0 saturated carbocycles. The molecule has 0 fully saturated rings. The summed E-state index contributed by atoms with van der Waals surface area (Å²) in [5.41, 5.74) is 2.27. The molecule has 0 aliphatic carbocycles. The fourth-order valence-corrected chi connectivity index (χ4v) is 2.31. The van der Waals surface area contributed by atoms with Crippen LogP contribution in [0.5, 0.6) is 5.75 Å². The highest BCUT2D eigenvalue weighted by atomic mass is 16.5. The van der Waals surface area contributed by atoms with Crippen molar-refractivity contribution in [3.8, 4) is 5.75 Å². The van der Waals surface area contributed by atoms with Gasteiger partial charge in [-0.2, -0.15) is 0 Å². The lowest BCUT2D eigenvalue weighted by molar-refractivity contribution is -0.128. The second-order valence-electron chi connectivity index (χ2n) is 5.23. The third kappa shape index (κ3) is 3.85. The van der Waals surface area contributed by atoms with Crippen LogP contribution in [0.1, 0.15) is 23.5 Å². The first-order valence-electron chi connectivity index (χ1n) is 7.01. The first-order chi connectivity index (χ1) is 10.1. The minimum atomic E-state index is 0.0620. The van der Waals surface area contributed by atoms with Crippen molar-refractivity contribution in [2.24, 2.45) is 0 Å². The van der Waals surface area contributed by atoms with Crippen molar-refractivity contribution in [3.63, 3.8) is 0 Å². The molecule has 0 heterocycles. The maximum Gasteiger partial charge on any atom is 0.223 e.